The summed E-state index contributed by atoms with van der Waals surface area (Å²) in [6, 6.07) is 10.7. The van der Waals surface area contributed by atoms with Gasteiger partial charge in [-0.1, -0.05) is 44.5 Å². The molecule has 3 nitrogen and oxygen atoms in total. The van der Waals surface area contributed by atoms with Crippen molar-refractivity contribution in [3.63, 3.8) is 0 Å². The first-order chi connectivity index (χ1) is 9.76. The second-order valence-corrected chi connectivity index (χ2v) is 5.21. The van der Waals surface area contributed by atoms with Crippen molar-refractivity contribution in [2.45, 2.75) is 33.2 Å². The molecule has 1 aromatic heterocycles. The number of fused-ring (bicyclic) bond motifs is 1. The lowest BCUT2D eigenvalue weighted by Crippen LogP contribution is -2.21. The number of nitrogens with one attached hydrogen (secondary N) is 1. The van der Waals surface area contributed by atoms with E-state index in [0.29, 0.717) is 0 Å². The Kier molecular flexibility index (Phi) is 5.36. The molecule has 20 heavy (non-hydrogen) atoms. The highest BCUT2D eigenvalue weighted by atomic mass is 15.2. The minimum atomic E-state index is 0.829. The molecule has 0 bridgehead atoms. The molecule has 0 aliphatic carbocycles. The molecule has 108 valence electrons. The summed E-state index contributed by atoms with van der Waals surface area (Å²) in [5.74, 6) is 1.10. The summed E-state index contributed by atoms with van der Waals surface area (Å²) in [7, 11) is 2.14. The largest absolute Gasteiger partial charge is 0.359 e. The smallest absolute Gasteiger partial charge is 0.136 e. The van der Waals surface area contributed by atoms with Gasteiger partial charge in [-0.05, 0) is 24.4 Å². The van der Waals surface area contributed by atoms with Crippen LogP contribution in [0.15, 0.2) is 30.3 Å². The number of pyridine rings is 1. The van der Waals surface area contributed by atoms with E-state index in [1.165, 1.54) is 23.6 Å². The molecule has 1 heterocycles. The topological polar surface area (TPSA) is 28.2 Å². The van der Waals surface area contributed by atoms with Crippen LogP contribution in [0.4, 0.5) is 5.82 Å². The molecule has 0 unspecified atom stereocenters. The van der Waals surface area contributed by atoms with Crippen molar-refractivity contribution in [2.24, 2.45) is 0 Å². The molecule has 0 aliphatic rings. The Morgan fingerprint density at radius 1 is 1.20 bits per heavy atom. The fourth-order valence-electron chi connectivity index (χ4n) is 2.37. The lowest BCUT2D eigenvalue weighted by atomic mass is 10.1. The van der Waals surface area contributed by atoms with Gasteiger partial charge in [0.25, 0.3) is 0 Å². The van der Waals surface area contributed by atoms with Crippen LogP contribution in [-0.4, -0.2) is 25.1 Å². The monoisotopic (exact) mass is 271 g/mol. The summed E-state index contributed by atoms with van der Waals surface area (Å²) in [5, 5.41) is 5.87. The van der Waals surface area contributed by atoms with E-state index in [9.17, 15) is 0 Å². The number of hydrogen-bond donors (Lipinski definition) is 1. The first kappa shape index (κ1) is 14.8. The molecular weight excluding hydrogens is 246 g/mol. The zero-order valence-electron chi connectivity index (χ0n) is 12.8. The fourth-order valence-corrected chi connectivity index (χ4v) is 2.37. The number of anilines is 1. The van der Waals surface area contributed by atoms with E-state index in [-0.39, 0.29) is 0 Å². The zero-order valence-corrected chi connectivity index (χ0v) is 12.8. The molecule has 0 fully saturated rings. The minimum absolute atomic E-state index is 0.829. The summed E-state index contributed by atoms with van der Waals surface area (Å²) >= 11 is 0. The summed E-state index contributed by atoms with van der Waals surface area (Å²) in [6.45, 7) is 7.19. The number of hydrogen-bond acceptors (Lipinski definition) is 3. The minimum Gasteiger partial charge on any atom is -0.359 e. The molecular formula is C17H25N3. The predicted octanol–water partition coefficient (Wildman–Crippen LogP) is 3.58. The third-order valence-electron chi connectivity index (χ3n) is 3.54. The van der Waals surface area contributed by atoms with Gasteiger partial charge in [0.15, 0.2) is 0 Å². The standard InChI is InChI=1S/C17H25N3/c1-4-6-11-20(3)17-16-10-8-7-9-14(16)12-15(19-17)13-18-5-2/h7-10,12,18H,4-6,11,13H2,1-3H3. The maximum Gasteiger partial charge on any atom is 0.136 e. The van der Waals surface area contributed by atoms with E-state index in [0.717, 1.165) is 31.1 Å². The normalized spacial score (nSPS) is 10.9. The average Bonchev–Trinajstić information content (AvgIpc) is 2.49. The lowest BCUT2D eigenvalue weighted by Gasteiger charge is -2.21. The van der Waals surface area contributed by atoms with Gasteiger partial charge in [0, 0.05) is 25.5 Å². The summed E-state index contributed by atoms with van der Waals surface area (Å²) in [5.41, 5.74) is 1.11. The highest BCUT2D eigenvalue weighted by Gasteiger charge is 2.09. The lowest BCUT2D eigenvalue weighted by molar-refractivity contribution is 0.707. The van der Waals surface area contributed by atoms with Gasteiger partial charge in [0.1, 0.15) is 5.82 Å². The van der Waals surface area contributed by atoms with E-state index < -0.39 is 0 Å². The number of unbranched alkanes of at least 4 members (excludes halogenated alkanes) is 1. The number of nitrogens with zero attached hydrogens (tertiary/aromatic N) is 2. The molecule has 0 saturated carbocycles. The second kappa shape index (κ2) is 7.25. The highest BCUT2D eigenvalue weighted by molar-refractivity contribution is 5.92. The first-order valence-electron chi connectivity index (χ1n) is 7.56. The molecule has 0 atom stereocenters. The van der Waals surface area contributed by atoms with Crippen LogP contribution in [0.2, 0.25) is 0 Å². The van der Waals surface area contributed by atoms with Crippen molar-refractivity contribution < 1.29 is 0 Å². The van der Waals surface area contributed by atoms with Crippen molar-refractivity contribution in [1.29, 1.82) is 0 Å². The van der Waals surface area contributed by atoms with Gasteiger partial charge < -0.3 is 10.2 Å². The first-order valence-corrected chi connectivity index (χ1v) is 7.56. The van der Waals surface area contributed by atoms with E-state index in [2.05, 4.69) is 61.4 Å². The number of rotatable bonds is 7. The van der Waals surface area contributed by atoms with Crippen LogP contribution in [0, 0.1) is 0 Å². The van der Waals surface area contributed by atoms with Crippen LogP contribution in [0.25, 0.3) is 10.8 Å². The molecule has 0 aliphatic heterocycles. The van der Waals surface area contributed by atoms with Gasteiger partial charge in [-0.2, -0.15) is 0 Å². The van der Waals surface area contributed by atoms with Crippen LogP contribution in [0.3, 0.4) is 0 Å². The Labute approximate surface area is 122 Å². The molecule has 1 aromatic carbocycles. The molecule has 0 radical (unpaired) electrons. The number of benzene rings is 1. The molecule has 0 spiro atoms. The van der Waals surface area contributed by atoms with Crippen LogP contribution < -0.4 is 10.2 Å². The Bertz CT molecular complexity index is 551. The maximum atomic E-state index is 4.85. The SMILES string of the molecule is CCCCN(C)c1nc(CNCC)cc2ccccc12. The summed E-state index contributed by atoms with van der Waals surface area (Å²) < 4.78 is 0. The van der Waals surface area contributed by atoms with Crippen LogP contribution in [-0.2, 0) is 6.54 Å². The third-order valence-corrected chi connectivity index (χ3v) is 3.54. The average molecular weight is 271 g/mol. The van der Waals surface area contributed by atoms with Gasteiger partial charge in [0.2, 0.25) is 0 Å². The molecule has 0 saturated heterocycles. The zero-order chi connectivity index (χ0) is 14.4. The van der Waals surface area contributed by atoms with E-state index in [1.54, 1.807) is 0 Å². The summed E-state index contributed by atoms with van der Waals surface area (Å²) in [4.78, 5) is 7.13. The van der Waals surface area contributed by atoms with Crippen molar-refractivity contribution in [1.82, 2.24) is 10.3 Å². The van der Waals surface area contributed by atoms with Gasteiger partial charge in [0.05, 0.1) is 5.69 Å². The van der Waals surface area contributed by atoms with Crippen LogP contribution in [0.5, 0.6) is 0 Å². The van der Waals surface area contributed by atoms with Gasteiger partial charge in [-0.25, -0.2) is 4.98 Å². The Balaban J connectivity index is 2.38. The van der Waals surface area contributed by atoms with E-state index in [1.807, 2.05) is 0 Å². The Morgan fingerprint density at radius 3 is 2.75 bits per heavy atom. The molecule has 2 aromatic rings. The van der Waals surface area contributed by atoms with Gasteiger partial charge in [-0.15, -0.1) is 0 Å². The molecule has 0 amide bonds. The molecule has 2 rings (SSSR count). The third kappa shape index (κ3) is 3.48. The van der Waals surface area contributed by atoms with E-state index in [4.69, 9.17) is 4.98 Å². The maximum absolute atomic E-state index is 4.85. The fraction of sp³-hybridized carbons (Fsp3) is 0.471. The van der Waals surface area contributed by atoms with Crippen LogP contribution >= 0.6 is 0 Å². The van der Waals surface area contributed by atoms with Crippen molar-refractivity contribution in [3.05, 3.63) is 36.0 Å². The van der Waals surface area contributed by atoms with Crippen molar-refractivity contribution in [3.8, 4) is 0 Å². The Hall–Kier alpha value is -1.61. The predicted molar refractivity (Wildman–Crippen MR) is 87.3 cm³/mol. The quantitative estimate of drug-likeness (QED) is 0.834. The second-order valence-electron chi connectivity index (χ2n) is 5.21. The van der Waals surface area contributed by atoms with Gasteiger partial charge >= 0.3 is 0 Å². The Morgan fingerprint density at radius 2 is 2.00 bits per heavy atom. The van der Waals surface area contributed by atoms with Gasteiger partial charge in [-0.3, -0.25) is 0 Å². The summed E-state index contributed by atoms with van der Waals surface area (Å²) in [6.07, 6.45) is 2.41. The van der Waals surface area contributed by atoms with Crippen molar-refractivity contribution in [2.75, 3.05) is 25.0 Å². The van der Waals surface area contributed by atoms with Crippen LogP contribution in [0.1, 0.15) is 32.4 Å². The molecule has 3 heteroatoms. The van der Waals surface area contributed by atoms with Crippen molar-refractivity contribution >= 4 is 16.6 Å². The highest BCUT2D eigenvalue weighted by Crippen LogP contribution is 2.25. The van der Waals surface area contributed by atoms with E-state index >= 15 is 0 Å². The number of aromatic nitrogens is 1. The molecule has 1 N–H and O–H groups in total.